The molecule has 0 rings (SSSR count). The Morgan fingerprint density at radius 1 is 1.17 bits per heavy atom. The molecule has 18 heavy (non-hydrogen) atoms. The fraction of sp³-hybridized carbons (Fsp3) is 0.833. The number of amides is 1. The smallest absolute Gasteiger partial charge is 0.319 e. The second kappa shape index (κ2) is 8.24. The summed E-state index contributed by atoms with van der Waals surface area (Å²) in [5.41, 5.74) is 0. The molecule has 0 fully saturated rings. The van der Waals surface area contributed by atoms with E-state index < -0.39 is 27.3 Å². The van der Waals surface area contributed by atoms with Crippen molar-refractivity contribution < 1.29 is 18.9 Å². The Bertz CT molecular complexity index is 315. The highest BCUT2D eigenvalue weighted by Gasteiger charge is 2.31. The van der Waals surface area contributed by atoms with Gasteiger partial charge in [0.25, 0.3) is 0 Å². The maximum absolute atomic E-state index is 12.0. The van der Waals surface area contributed by atoms with Gasteiger partial charge in [-0.15, -0.1) is 0 Å². The summed E-state index contributed by atoms with van der Waals surface area (Å²) in [6.45, 7) is 7.09. The van der Waals surface area contributed by atoms with Crippen LogP contribution in [-0.4, -0.2) is 37.7 Å². The Morgan fingerprint density at radius 3 is 2.00 bits per heavy atom. The fourth-order valence-electron chi connectivity index (χ4n) is 1.60. The Balaban J connectivity index is 4.63. The Labute approximate surface area is 111 Å². The fourth-order valence-corrected chi connectivity index (χ4v) is 2.90. The van der Waals surface area contributed by atoms with Crippen molar-refractivity contribution >= 4 is 22.7 Å². The molecule has 0 saturated heterocycles. The SMILES string of the molecule is CCC(CC)NC(=O)C(C)S(=O)C(CC)C(=O)O. The van der Waals surface area contributed by atoms with Crippen molar-refractivity contribution in [3.8, 4) is 0 Å². The van der Waals surface area contributed by atoms with Crippen LogP contribution in [0, 0.1) is 0 Å². The number of aliphatic carboxylic acids is 1. The monoisotopic (exact) mass is 277 g/mol. The van der Waals surface area contributed by atoms with E-state index in [0.717, 1.165) is 12.8 Å². The summed E-state index contributed by atoms with van der Waals surface area (Å²) >= 11 is 0. The standard InChI is InChI=1S/C12H23NO4S/c1-5-9(6-2)13-11(14)8(4)18(17)10(7-3)12(15)16/h8-10H,5-7H2,1-4H3,(H,13,14)(H,15,16). The van der Waals surface area contributed by atoms with Crippen LogP contribution >= 0.6 is 0 Å². The molecule has 0 aliphatic rings. The normalized spacial score (nSPS) is 16.1. The highest BCUT2D eigenvalue weighted by atomic mass is 32.2. The molecule has 6 heteroatoms. The summed E-state index contributed by atoms with van der Waals surface area (Å²) in [7, 11) is -1.69. The van der Waals surface area contributed by atoms with Gasteiger partial charge in [-0.05, 0) is 26.2 Å². The van der Waals surface area contributed by atoms with Crippen molar-refractivity contribution in [3.05, 3.63) is 0 Å². The van der Waals surface area contributed by atoms with E-state index in [-0.39, 0.29) is 18.4 Å². The number of hydrogen-bond acceptors (Lipinski definition) is 3. The number of carbonyl (C=O) groups is 2. The van der Waals surface area contributed by atoms with Crippen molar-refractivity contribution in [2.75, 3.05) is 0 Å². The summed E-state index contributed by atoms with van der Waals surface area (Å²) in [5.74, 6) is -1.44. The molecule has 0 aromatic carbocycles. The van der Waals surface area contributed by atoms with E-state index >= 15 is 0 Å². The maximum atomic E-state index is 12.0. The summed E-state index contributed by atoms with van der Waals surface area (Å²) in [5, 5.41) is 9.94. The van der Waals surface area contributed by atoms with Crippen LogP contribution in [0.15, 0.2) is 0 Å². The second-order valence-corrected chi connectivity index (χ2v) is 6.16. The second-order valence-electron chi connectivity index (χ2n) is 4.23. The van der Waals surface area contributed by atoms with Gasteiger partial charge < -0.3 is 10.4 Å². The molecule has 5 nitrogen and oxygen atoms in total. The van der Waals surface area contributed by atoms with Crippen molar-refractivity contribution in [1.29, 1.82) is 0 Å². The van der Waals surface area contributed by atoms with Gasteiger partial charge in [0.1, 0.15) is 10.5 Å². The van der Waals surface area contributed by atoms with Gasteiger partial charge in [-0.3, -0.25) is 13.8 Å². The highest BCUT2D eigenvalue weighted by molar-refractivity contribution is 7.87. The quantitative estimate of drug-likeness (QED) is 0.700. The molecule has 0 bridgehead atoms. The van der Waals surface area contributed by atoms with Crippen molar-refractivity contribution in [2.24, 2.45) is 0 Å². The van der Waals surface area contributed by atoms with Gasteiger partial charge in [-0.2, -0.15) is 0 Å². The molecule has 0 aromatic heterocycles. The number of carboxylic acid groups (broad SMARTS) is 1. The van der Waals surface area contributed by atoms with Crippen LogP contribution in [0.25, 0.3) is 0 Å². The molecule has 0 radical (unpaired) electrons. The molecule has 3 atom stereocenters. The number of rotatable bonds is 8. The van der Waals surface area contributed by atoms with E-state index in [0.29, 0.717) is 0 Å². The first-order valence-electron chi connectivity index (χ1n) is 6.31. The van der Waals surface area contributed by atoms with Gasteiger partial charge in [0, 0.05) is 16.8 Å². The van der Waals surface area contributed by atoms with E-state index in [1.807, 2.05) is 13.8 Å². The molecule has 2 N–H and O–H groups in total. The molecule has 0 saturated carbocycles. The molecule has 106 valence electrons. The molecule has 0 heterocycles. The molecule has 0 aromatic rings. The van der Waals surface area contributed by atoms with Gasteiger partial charge in [0.2, 0.25) is 5.91 Å². The summed E-state index contributed by atoms with van der Waals surface area (Å²) < 4.78 is 12.0. The maximum Gasteiger partial charge on any atom is 0.319 e. The van der Waals surface area contributed by atoms with Gasteiger partial charge in [-0.1, -0.05) is 20.8 Å². The van der Waals surface area contributed by atoms with Gasteiger partial charge in [-0.25, -0.2) is 0 Å². The summed E-state index contributed by atoms with van der Waals surface area (Å²) in [6, 6.07) is 0.0573. The first-order chi connectivity index (χ1) is 8.38. The molecule has 0 aliphatic carbocycles. The Morgan fingerprint density at radius 2 is 1.67 bits per heavy atom. The van der Waals surface area contributed by atoms with E-state index in [9.17, 15) is 13.8 Å². The summed E-state index contributed by atoms with van der Waals surface area (Å²) in [6.07, 6.45) is 1.86. The summed E-state index contributed by atoms with van der Waals surface area (Å²) in [4.78, 5) is 22.8. The van der Waals surface area contributed by atoms with Gasteiger partial charge >= 0.3 is 5.97 Å². The largest absolute Gasteiger partial charge is 0.480 e. The number of nitrogens with one attached hydrogen (secondary N) is 1. The van der Waals surface area contributed by atoms with E-state index in [1.165, 1.54) is 6.92 Å². The van der Waals surface area contributed by atoms with E-state index in [1.54, 1.807) is 6.92 Å². The minimum Gasteiger partial charge on any atom is -0.480 e. The van der Waals surface area contributed by atoms with Crippen molar-refractivity contribution in [2.45, 2.75) is 63.5 Å². The lowest BCUT2D eigenvalue weighted by Crippen LogP contribution is -2.44. The molecule has 0 aliphatic heterocycles. The zero-order chi connectivity index (χ0) is 14.3. The van der Waals surface area contributed by atoms with Gasteiger partial charge in [0.15, 0.2) is 0 Å². The minimum absolute atomic E-state index is 0.0573. The molecular formula is C12H23NO4S. The third-order valence-corrected chi connectivity index (χ3v) is 4.98. The van der Waals surface area contributed by atoms with Crippen LogP contribution in [0.2, 0.25) is 0 Å². The molecule has 3 unspecified atom stereocenters. The predicted molar refractivity (Wildman–Crippen MR) is 71.8 cm³/mol. The van der Waals surface area contributed by atoms with Crippen LogP contribution in [0.4, 0.5) is 0 Å². The van der Waals surface area contributed by atoms with E-state index in [4.69, 9.17) is 5.11 Å². The Hall–Kier alpha value is -0.910. The number of carboxylic acids is 1. The van der Waals surface area contributed by atoms with Crippen molar-refractivity contribution in [1.82, 2.24) is 5.32 Å². The molecular weight excluding hydrogens is 254 g/mol. The van der Waals surface area contributed by atoms with Crippen LogP contribution < -0.4 is 5.32 Å². The van der Waals surface area contributed by atoms with E-state index in [2.05, 4.69) is 5.32 Å². The number of hydrogen-bond donors (Lipinski definition) is 2. The minimum atomic E-state index is -1.69. The molecule has 1 amide bonds. The molecule has 0 spiro atoms. The first-order valence-corrected chi connectivity index (χ1v) is 7.59. The average molecular weight is 277 g/mol. The highest BCUT2D eigenvalue weighted by Crippen LogP contribution is 2.10. The third kappa shape index (κ3) is 4.76. The zero-order valence-electron chi connectivity index (χ0n) is 11.4. The van der Waals surface area contributed by atoms with Crippen LogP contribution in [0.5, 0.6) is 0 Å². The van der Waals surface area contributed by atoms with Crippen LogP contribution in [0.3, 0.4) is 0 Å². The topological polar surface area (TPSA) is 83.5 Å². The number of carbonyl (C=O) groups excluding carboxylic acids is 1. The van der Waals surface area contributed by atoms with Crippen molar-refractivity contribution in [3.63, 3.8) is 0 Å². The van der Waals surface area contributed by atoms with Crippen LogP contribution in [-0.2, 0) is 20.4 Å². The first kappa shape index (κ1) is 17.1. The predicted octanol–water partition coefficient (Wildman–Crippen LogP) is 1.29. The zero-order valence-corrected chi connectivity index (χ0v) is 12.3. The Kier molecular flexibility index (Phi) is 7.82. The lowest BCUT2D eigenvalue weighted by Gasteiger charge is -2.20. The lowest BCUT2D eigenvalue weighted by molar-refractivity contribution is -0.136. The van der Waals surface area contributed by atoms with Gasteiger partial charge in [0.05, 0.1) is 0 Å². The third-order valence-electron chi connectivity index (χ3n) is 2.98. The lowest BCUT2D eigenvalue weighted by atomic mass is 10.2. The van der Waals surface area contributed by atoms with Crippen LogP contribution in [0.1, 0.15) is 47.0 Å². The average Bonchev–Trinajstić information content (AvgIpc) is 2.34.